The first-order chi connectivity index (χ1) is 14.7. The summed E-state index contributed by atoms with van der Waals surface area (Å²) in [6, 6.07) is 16.5. The highest BCUT2D eigenvalue weighted by atomic mass is 32.2. The zero-order valence-corrected chi connectivity index (χ0v) is 17.4. The number of imidazole rings is 1. The van der Waals surface area contributed by atoms with E-state index in [9.17, 15) is 4.21 Å². The normalized spacial score (nSPS) is 11.9. The Labute approximate surface area is 176 Å². The van der Waals surface area contributed by atoms with E-state index in [1.165, 1.54) is 0 Å². The molecule has 1 unspecified atom stereocenters. The van der Waals surface area contributed by atoms with Gasteiger partial charge in [0.25, 0.3) is 0 Å². The number of H-pyrrole nitrogens is 1. The van der Waals surface area contributed by atoms with Gasteiger partial charge in [-0.05, 0) is 48.5 Å². The Morgan fingerprint density at radius 3 is 2.50 bits per heavy atom. The number of aromatic nitrogens is 3. The van der Waals surface area contributed by atoms with E-state index in [4.69, 9.17) is 14.2 Å². The van der Waals surface area contributed by atoms with Crippen LogP contribution in [-0.4, -0.2) is 45.7 Å². The topological polar surface area (TPSA) is 86.3 Å². The summed E-state index contributed by atoms with van der Waals surface area (Å²) >= 11 is 0. The third-order valence-corrected chi connectivity index (χ3v) is 5.89. The average Bonchev–Trinajstić information content (AvgIpc) is 3.23. The molecule has 4 aromatic rings. The summed E-state index contributed by atoms with van der Waals surface area (Å²) < 4.78 is 29.0. The van der Waals surface area contributed by atoms with E-state index in [1.807, 2.05) is 24.3 Å². The van der Waals surface area contributed by atoms with Crippen LogP contribution in [0.4, 0.5) is 0 Å². The predicted octanol–water partition coefficient (Wildman–Crippen LogP) is 3.83. The number of hydrogen-bond donors (Lipinski definition) is 1. The molecule has 2 aromatic carbocycles. The number of aromatic amines is 1. The molecule has 1 N–H and O–H groups in total. The molecule has 2 heterocycles. The highest BCUT2D eigenvalue weighted by molar-refractivity contribution is 7.85. The van der Waals surface area contributed by atoms with Crippen LogP contribution in [-0.2, 0) is 10.8 Å². The highest BCUT2D eigenvalue weighted by Gasteiger charge is 2.14. The van der Waals surface area contributed by atoms with E-state index in [-0.39, 0.29) is 6.61 Å². The minimum atomic E-state index is -1.18. The van der Waals surface area contributed by atoms with Crippen LogP contribution in [0.5, 0.6) is 17.2 Å². The highest BCUT2D eigenvalue weighted by Crippen LogP contribution is 2.32. The molecule has 7 nitrogen and oxygen atoms in total. The van der Waals surface area contributed by atoms with Crippen LogP contribution in [0.1, 0.15) is 0 Å². The Morgan fingerprint density at radius 1 is 1.00 bits per heavy atom. The molecule has 0 spiro atoms. The first-order valence-corrected chi connectivity index (χ1v) is 10.6. The molecule has 2 aromatic heterocycles. The molecule has 0 fully saturated rings. The van der Waals surface area contributed by atoms with Crippen LogP contribution >= 0.6 is 0 Å². The van der Waals surface area contributed by atoms with E-state index in [1.54, 1.807) is 50.7 Å². The minimum absolute atomic E-state index is 0.275. The quantitative estimate of drug-likeness (QED) is 0.464. The zero-order valence-electron chi connectivity index (χ0n) is 16.6. The van der Waals surface area contributed by atoms with Gasteiger partial charge in [0.1, 0.15) is 29.7 Å². The first kappa shape index (κ1) is 19.9. The van der Waals surface area contributed by atoms with Gasteiger partial charge in [-0.2, -0.15) is 0 Å². The van der Waals surface area contributed by atoms with Crippen molar-refractivity contribution in [1.82, 2.24) is 15.0 Å². The number of nitrogens with one attached hydrogen (secondary N) is 1. The standard InChI is InChI=1S/C22H21N3O4S/c1-27-15-5-8-17(9-6-15)30(26)13-12-29-20-14-16(28-2)7-10-18(20)21-24-19-4-3-11-23-22(19)25-21/h3-11,14H,12-13H2,1-2H3,(H,23,24,25). The fourth-order valence-corrected chi connectivity index (χ4v) is 3.90. The second-order valence-corrected chi connectivity index (χ2v) is 7.97. The largest absolute Gasteiger partial charge is 0.497 e. The van der Waals surface area contributed by atoms with Crippen molar-refractivity contribution in [3.05, 3.63) is 60.8 Å². The summed E-state index contributed by atoms with van der Waals surface area (Å²) in [5.41, 5.74) is 2.26. The molecular formula is C22H21N3O4S. The molecule has 8 heteroatoms. The molecule has 0 saturated carbocycles. The van der Waals surface area contributed by atoms with E-state index in [0.717, 1.165) is 21.7 Å². The third kappa shape index (κ3) is 4.28. The predicted molar refractivity (Wildman–Crippen MR) is 116 cm³/mol. The van der Waals surface area contributed by atoms with Crippen LogP contribution in [0.25, 0.3) is 22.6 Å². The van der Waals surface area contributed by atoms with Crippen LogP contribution in [0.15, 0.2) is 65.7 Å². The lowest BCUT2D eigenvalue weighted by molar-refractivity contribution is 0.339. The molecule has 0 aliphatic rings. The number of hydrogen-bond acceptors (Lipinski definition) is 6. The Morgan fingerprint density at radius 2 is 1.77 bits per heavy atom. The third-order valence-electron chi connectivity index (χ3n) is 4.55. The number of fused-ring (bicyclic) bond motifs is 1. The lowest BCUT2D eigenvalue weighted by Gasteiger charge is -2.12. The van der Waals surface area contributed by atoms with E-state index in [0.29, 0.717) is 28.7 Å². The molecule has 4 rings (SSSR count). The zero-order chi connectivity index (χ0) is 20.9. The molecule has 0 radical (unpaired) electrons. The molecular weight excluding hydrogens is 402 g/mol. The van der Waals surface area contributed by atoms with Crippen molar-refractivity contribution in [1.29, 1.82) is 0 Å². The Kier molecular flexibility index (Phi) is 5.94. The van der Waals surface area contributed by atoms with Gasteiger partial charge in [-0.1, -0.05) is 0 Å². The summed E-state index contributed by atoms with van der Waals surface area (Å²) in [6.45, 7) is 0.275. The van der Waals surface area contributed by atoms with Gasteiger partial charge in [0, 0.05) is 17.2 Å². The van der Waals surface area contributed by atoms with E-state index < -0.39 is 10.8 Å². The lowest BCUT2D eigenvalue weighted by atomic mass is 10.2. The maximum atomic E-state index is 12.6. The maximum Gasteiger partial charge on any atom is 0.178 e. The molecule has 0 amide bonds. The molecule has 0 aliphatic heterocycles. The smallest absolute Gasteiger partial charge is 0.178 e. The molecule has 0 bridgehead atoms. The number of benzene rings is 2. The van der Waals surface area contributed by atoms with Gasteiger partial charge >= 0.3 is 0 Å². The van der Waals surface area contributed by atoms with Crippen molar-refractivity contribution in [2.24, 2.45) is 0 Å². The monoisotopic (exact) mass is 423 g/mol. The molecule has 0 saturated heterocycles. The van der Waals surface area contributed by atoms with Crippen molar-refractivity contribution < 1.29 is 18.4 Å². The number of ether oxygens (including phenoxy) is 3. The summed E-state index contributed by atoms with van der Waals surface area (Å²) in [5.74, 6) is 3.00. The van der Waals surface area contributed by atoms with Crippen molar-refractivity contribution in [2.75, 3.05) is 26.6 Å². The van der Waals surface area contributed by atoms with E-state index >= 15 is 0 Å². The SMILES string of the molecule is COc1ccc(S(=O)CCOc2cc(OC)ccc2-c2nc3ncccc3[nH]2)cc1. The summed E-state index contributed by atoms with van der Waals surface area (Å²) in [6.07, 6.45) is 1.70. The molecule has 154 valence electrons. The van der Waals surface area contributed by atoms with Crippen molar-refractivity contribution >= 4 is 22.0 Å². The van der Waals surface area contributed by atoms with Crippen molar-refractivity contribution in [3.8, 4) is 28.6 Å². The van der Waals surface area contributed by atoms with Gasteiger partial charge in [-0.15, -0.1) is 0 Å². The van der Waals surface area contributed by atoms with Gasteiger partial charge in [0.2, 0.25) is 0 Å². The number of pyridine rings is 1. The first-order valence-electron chi connectivity index (χ1n) is 9.32. The molecule has 0 aliphatic carbocycles. The molecule has 1 atom stereocenters. The maximum absolute atomic E-state index is 12.6. The Balaban J connectivity index is 1.51. The van der Waals surface area contributed by atoms with Gasteiger partial charge in [-0.25, -0.2) is 9.97 Å². The fourth-order valence-electron chi connectivity index (χ4n) is 2.99. The second-order valence-electron chi connectivity index (χ2n) is 6.40. The van der Waals surface area contributed by atoms with E-state index in [2.05, 4.69) is 15.0 Å². The molecule has 30 heavy (non-hydrogen) atoms. The summed E-state index contributed by atoms with van der Waals surface area (Å²) in [7, 11) is 2.02. The van der Waals surface area contributed by atoms with Crippen LogP contribution in [0.3, 0.4) is 0 Å². The fraction of sp³-hybridized carbons (Fsp3) is 0.182. The van der Waals surface area contributed by atoms with Gasteiger partial charge in [0.05, 0.1) is 41.9 Å². The van der Waals surface area contributed by atoms with Gasteiger partial charge in [0.15, 0.2) is 5.65 Å². The average molecular weight is 423 g/mol. The minimum Gasteiger partial charge on any atom is -0.497 e. The van der Waals surface area contributed by atoms with Gasteiger partial charge < -0.3 is 19.2 Å². The lowest BCUT2D eigenvalue weighted by Crippen LogP contribution is -2.09. The van der Waals surface area contributed by atoms with Crippen molar-refractivity contribution in [3.63, 3.8) is 0 Å². The van der Waals surface area contributed by atoms with Crippen LogP contribution in [0.2, 0.25) is 0 Å². The van der Waals surface area contributed by atoms with Gasteiger partial charge in [-0.3, -0.25) is 4.21 Å². The number of methoxy groups -OCH3 is 2. The number of rotatable bonds is 8. The Hall–Kier alpha value is -3.39. The van der Waals surface area contributed by atoms with Crippen LogP contribution < -0.4 is 14.2 Å². The van der Waals surface area contributed by atoms with Crippen LogP contribution in [0, 0.1) is 0 Å². The van der Waals surface area contributed by atoms with Crippen molar-refractivity contribution in [2.45, 2.75) is 4.90 Å². The number of nitrogens with zero attached hydrogens (tertiary/aromatic N) is 2. The summed E-state index contributed by atoms with van der Waals surface area (Å²) in [5, 5.41) is 0. The summed E-state index contributed by atoms with van der Waals surface area (Å²) in [4.78, 5) is 12.8. The Bertz CT molecular complexity index is 1140. The second kappa shape index (κ2) is 8.96.